The molecule has 0 aliphatic rings. The number of aromatic nitrogens is 2. The Morgan fingerprint density at radius 2 is 1.29 bits per heavy atom. The van der Waals surface area contributed by atoms with Gasteiger partial charge in [0.15, 0.2) is 5.82 Å². The minimum Gasteiger partial charge on any atom is -0.455 e. The largest absolute Gasteiger partial charge is 0.455 e. The van der Waals surface area contributed by atoms with Crippen molar-refractivity contribution in [1.82, 2.24) is 9.97 Å². The Morgan fingerprint density at radius 3 is 2.19 bits per heavy atom. The Balaban J connectivity index is 1.39. The minimum atomic E-state index is 0.723. The molecular formula is C38H22N2OS. The van der Waals surface area contributed by atoms with E-state index in [0.717, 1.165) is 71.3 Å². The number of nitrogens with zero attached hydrogens (tertiary/aromatic N) is 2. The zero-order valence-electron chi connectivity index (χ0n) is 22.4. The van der Waals surface area contributed by atoms with Crippen molar-refractivity contribution in [3.8, 4) is 33.8 Å². The maximum atomic E-state index is 6.66. The first-order valence-corrected chi connectivity index (χ1v) is 14.8. The number of thiophene rings is 1. The highest BCUT2D eigenvalue weighted by Gasteiger charge is 2.22. The molecule has 0 aliphatic heterocycles. The van der Waals surface area contributed by atoms with Gasteiger partial charge in [-0.05, 0) is 40.6 Å². The van der Waals surface area contributed by atoms with Gasteiger partial charge >= 0.3 is 0 Å². The molecule has 0 unspecified atom stereocenters. The second-order valence-corrected chi connectivity index (χ2v) is 11.6. The molecule has 0 bridgehead atoms. The van der Waals surface area contributed by atoms with E-state index in [2.05, 4.69) is 103 Å². The summed E-state index contributed by atoms with van der Waals surface area (Å²) in [5.41, 5.74) is 7.91. The number of benzene rings is 6. The van der Waals surface area contributed by atoms with Crippen molar-refractivity contribution in [2.75, 3.05) is 0 Å². The van der Waals surface area contributed by atoms with Crippen LogP contribution in [0.15, 0.2) is 138 Å². The summed E-state index contributed by atoms with van der Waals surface area (Å²) in [7, 11) is 0. The quantitative estimate of drug-likeness (QED) is 0.218. The zero-order valence-corrected chi connectivity index (χ0v) is 23.2. The van der Waals surface area contributed by atoms with Gasteiger partial charge in [0.1, 0.15) is 11.2 Å². The van der Waals surface area contributed by atoms with Crippen molar-refractivity contribution in [1.29, 1.82) is 0 Å². The summed E-state index contributed by atoms with van der Waals surface area (Å²) in [6, 6.07) is 46.5. The lowest BCUT2D eigenvalue weighted by atomic mass is 9.95. The molecule has 0 spiro atoms. The molecule has 4 heteroatoms. The summed E-state index contributed by atoms with van der Waals surface area (Å²) in [4.78, 5) is 10.4. The number of fused-ring (bicyclic) bond motifs is 7. The molecule has 42 heavy (non-hydrogen) atoms. The van der Waals surface area contributed by atoms with Gasteiger partial charge in [0.2, 0.25) is 0 Å². The normalized spacial score (nSPS) is 11.8. The first-order chi connectivity index (χ1) is 20.8. The van der Waals surface area contributed by atoms with Crippen LogP contribution in [0, 0.1) is 0 Å². The molecule has 0 N–H and O–H groups in total. The lowest BCUT2D eigenvalue weighted by Crippen LogP contribution is -1.94. The molecule has 0 fully saturated rings. The number of hydrogen-bond acceptors (Lipinski definition) is 4. The first-order valence-electron chi connectivity index (χ1n) is 14.0. The highest BCUT2D eigenvalue weighted by Crippen LogP contribution is 2.45. The fourth-order valence-corrected chi connectivity index (χ4v) is 7.25. The van der Waals surface area contributed by atoms with Crippen LogP contribution in [0.1, 0.15) is 0 Å². The van der Waals surface area contributed by atoms with E-state index in [-0.39, 0.29) is 0 Å². The van der Waals surface area contributed by atoms with Crippen LogP contribution in [0.4, 0.5) is 0 Å². The van der Waals surface area contributed by atoms with Crippen LogP contribution in [-0.4, -0.2) is 9.97 Å². The van der Waals surface area contributed by atoms with Crippen LogP contribution in [0.2, 0.25) is 0 Å². The maximum absolute atomic E-state index is 6.66. The summed E-state index contributed by atoms with van der Waals surface area (Å²) in [5.74, 6) is 0.723. The molecule has 6 aromatic carbocycles. The molecule has 0 amide bonds. The van der Waals surface area contributed by atoms with Crippen molar-refractivity contribution >= 4 is 64.4 Å². The SMILES string of the molecule is c1ccc(-c2nc(-c3ccc(-c4ccc5ccccc5c4)c4oc5ccccc5c34)c3sc4ccccc4c3n2)cc1. The summed E-state index contributed by atoms with van der Waals surface area (Å²) in [6.07, 6.45) is 0. The molecule has 196 valence electrons. The Labute approximate surface area is 245 Å². The standard InChI is InChI=1S/C38H22N2OS/c1-2-11-24(12-3-1)38-39-34-29-15-7-9-17-32(29)42-37(34)35(40-38)30-21-20-27(26-19-18-23-10-4-5-13-25(23)22-26)36-33(30)28-14-6-8-16-31(28)41-36/h1-22H. The topological polar surface area (TPSA) is 38.9 Å². The lowest BCUT2D eigenvalue weighted by molar-refractivity contribution is 0.670. The highest BCUT2D eigenvalue weighted by molar-refractivity contribution is 7.26. The van der Waals surface area contributed by atoms with Crippen LogP contribution < -0.4 is 0 Å². The van der Waals surface area contributed by atoms with Gasteiger partial charge in [0.25, 0.3) is 0 Å². The molecule has 0 saturated heterocycles. The van der Waals surface area contributed by atoms with E-state index >= 15 is 0 Å². The molecule has 3 aromatic heterocycles. The summed E-state index contributed by atoms with van der Waals surface area (Å²) >= 11 is 1.75. The van der Waals surface area contributed by atoms with E-state index in [1.54, 1.807) is 11.3 Å². The van der Waals surface area contributed by atoms with Crippen molar-refractivity contribution in [2.24, 2.45) is 0 Å². The van der Waals surface area contributed by atoms with Gasteiger partial charge in [-0.25, -0.2) is 9.97 Å². The van der Waals surface area contributed by atoms with Gasteiger partial charge in [0, 0.05) is 37.5 Å². The van der Waals surface area contributed by atoms with Crippen molar-refractivity contribution in [2.45, 2.75) is 0 Å². The number of hydrogen-bond donors (Lipinski definition) is 0. The third kappa shape index (κ3) is 3.52. The summed E-state index contributed by atoms with van der Waals surface area (Å²) in [6.45, 7) is 0. The van der Waals surface area contributed by atoms with Gasteiger partial charge in [-0.2, -0.15) is 0 Å². The average molecular weight is 555 g/mol. The van der Waals surface area contributed by atoms with E-state index < -0.39 is 0 Å². The van der Waals surface area contributed by atoms with E-state index in [0.29, 0.717) is 0 Å². The van der Waals surface area contributed by atoms with Crippen LogP contribution >= 0.6 is 11.3 Å². The molecule has 0 aliphatic carbocycles. The Hall–Kier alpha value is -5.32. The van der Waals surface area contributed by atoms with Crippen molar-refractivity contribution in [3.63, 3.8) is 0 Å². The molecule has 0 saturated carbocycles. The molecule has 3 nitrogen and oxygen atoms in total. The Morgan fingerprint density at radius 1 is 0.548 bits per heavy atom. The van der Waals surface area contributed by atoms with E-state index in [1.807, 2.05) is 30.3 Å². The molecule has 3 heterocycles. The van der Waals surface area contributed by atoms with Gasteiger partial charge < -0.3 is 4.42 Å². The van der Waals surface area contributed by atoms with Crippen molar-refractivity contribution in [3.05, 3.63) is 133 Å². The predicted molar refractivity (Wildman–Crippen MR) is 176 cm³/mol. The Kier molecular flexibility index (Phi) is 5.07. The first kappa shape index (κ1) is 23.4. The average Bonchev–Trinajstić information content (AvgIpc) is 3.63. The molecule has 0 atom stereocenters. The molecule has 9 aromatic rings. The highest BCUT2D eigenvalue weighted by atomic mass is 32.1. The van der Waals surface area contributed by atoms with Crippen LogP contribution in [-0.2, 0) is 0 Å². The fraction of sp³-hybridized carbons (Fsp3) is 0. The van der Waals surface area contributed by atoms with Crippen LogP contribution in [0.5, 0.6) is 0 Å². The Bertz CT molecular complexity index is 2470. The number of para-hydroxylation sites is 1. The van der Waals surface area contributed by atoms with Gasteiger partial charge in [-0.3, -0.25) is 0 Å². The summed E-state index contributed by atoms with van der Waals surface area (Å²) < 4.78 is 8.95. The molecule has 0 radical (unpaired) electrons. The molecular weight excluding hydrogens is 532 g/mol. The third-order valence-corrected chi connectivity index (χ3v) is 9.26. The zero-order chi connectivity index (χ0) is 27.6. The van der Waals surface area contributed by atoms with E-state index in [1.165, 1.54) is 15.5 Å². The molecule has 9 rings (SSSR count). The van der Waals surface area contributed by atoms with Crippen molar-refractivity contribution < 1.29 is 4.42 Å². The smallest absolute Gasteiger partial charge is 0.160 e. The van der Waals surface area contributed by atoms with E-state index in [4.69, 9.17) is 14.4 Å². The van der Waals surface area contributed by atoms with Gasteiger partial charge in [0.05, 0.1) is 15.9 Å². The summed E-state index contributed by atoms with van der Waals surface area (Å²) in [5, 5.41) is 5.74. The predicted octanol–water partition coefficient (Wildman–Crippen LogP) is 10.9. The number of furan rings is 1. The third-order valence-electron chi connectivity index (χ3n) is 8.09. The maximum Gasteiger partial charge on any atom is 0.160 e. The van der Waals surface area contributed by atoms with Gasteiger partial charge in [-0.15, -0.1) is 11.3 Å². The van der Waals surface area contributed by atoms with Crippen LogP contribution in [0.3, 0.4) is 0 Å². The van der Waals surface area contributed by atoms with Crippen LogP contribution in [0.25, 0.3) is 86.8 Å². The fourth-order valence-electron chi connectivity index (χ4n) is 6.10. The van der Waals surface area contributed by atoms with E-state index in [9.17, 15) is 0 Å². The monoisotopic (exact) mass is 554 g/mol. The minimum absolute atomic E-state index is 0.723. The second kappa shape index (κ2) is 9.10. The van der Waals surface area contributed by atoms with Gasteiger partial charge in [-0.1, -0.05) is 109 Å². The second-order valence-electron chi connectivity index (χ2n) is 10.6. The lowest BCUT2D eigenvalue weighted by Gasteiger charge is -2.11. The number of rotatable bonds is 3.